The van der Waals surface area contributed by atoms with E-state index in [9.17, 15) is 4.79 Å². The van der Waals surface area contributed by atoms with Crippen LogP contribution >= 0.6 is 11.6 Å². The summed E-state index contributed by atoms with van der Waals surface area (Å²) in [5.74, 6) is 1.86. The molecule has 0 atom stereocenters. The van der Waals surface area contributed by atoms with Crippen LogP contribution in [0.2, 0.25) is 5.02 Å². The van der Waals surface area contributed by atoms with Gasteiger partial charge in [0.25, 0.3) is 5.56 Å². The standard InChI is InChI=1S/C21H18ClN5O2.C2H6/c1-12-6-7-23-20-18(12)21(28)27(11-24-20)10-17-25-19(26-29-17)15-8-14(9-15)13-2-4-16(22)5-3-13;1-2/h2-7,11,14-15H,8-10H2,1H3;1-2H3. The Morgan fingerprint density at radius 2 is 1.84 bits per heavy atom. The van der Waals surface area contributed by atoms with E-state index in [-0.39, 0.29) is 18.0 Å². The summed E-state index contributed by atoms with van der Waals surface area (Å²) in [5, 5.41) is 5.39. The molecule has 3 heterocycles. The Kier molecular flexibility index (Phi) is 6.13. The first kappa shape index (κ1) is 21.2. The highest BCUT2D eigenvalue weighted by Crippen LogP contribution is 2.46. The SMILES string of the molecule is CC.Cc1ccnc2ncn(Cc3nc(C4CC(c5ccc(Cl)cc5)C4)no3)c(=O)c12. The summed E-state index contributed by atoms with van der Waals surface area (Å²) in [7, 11) is 0. The van der Waals surface area contributed by atoms with Crippen LogP contribution in [0.25, 0.3) is 11.0 Å². The lowest BCUT2D eigenvalue weighted by Crippen LogP contribution is -2.23. The summed E-state index contributed by atoms with van der Waals surface area (Å²) in [4.78, 5) is 25.7. The van der Waals surface area contributed by atoms with Crippen LogP contribution in [0.15, 0.2) is 52.2 Å². The predicted octanol–water partition coefficient (Wildman–Crippen LogP) is 4.87. The molecule has 1 saturated carbocycles. The van der Waals surface area contributed by atoms with Crippen LogP contribution in [-0.2, 0) is 6.54 Å². The second kappa shape index (κ2) is 8.98. The van der Waals surface area contributed by atoms with Gasteiger partial charge in [-0.05, 0) is 55.0 Å². The number of nitrogens with zero attached hydrogens (tertiary/aromatic N) is 5. The molecule has 31 heavy (non-hydrogen) atoms. The molecule has 3 aromatic heterocycles. The van der Waals surface area contributed by atoms with E-state index in [2.05, 4.69) is 32.2 Å². The zero-order valence-electron chi connectivity index (χ0n) is 17.7. The van der Waals surface area contributed by atoms with Crippen molar-refractivity contribution in [1.29, 1.82) is 0 Å². The van der Waals surface area contributed by atoms with Gasteiger partial charge in [0.05, 0.1) is 5.39 Å². The third-order valence-electron chi connectivity index (χ3n) is 5.57. The zero-order valence-corrected chi connectivity index (χ0v) is 18.5. The van der Waals surface area contributed by atoms with E-state index in [1.54, 1.807) is 12.3 Å². The number of benzene rings is 1. The summed E-state index contributed by atoms with van der Waals surface area (Å²) in [6.45, 7) is 6.06. The Hall–Kier alpha value is -3.06. The minimum atomic E-state index is -0.160. The van der Waals surface area contributed by atoms with Crippen molar-refractivity contribution in [1.82, 2.24) is 24.7 Å². The van der Waals surface area contributed by atoms with Crippen LogP contribution in [0.3, 0.4) is 0 Å². The molecule has 0 amide bonds. The van der Waals surface area contributed by atoms with Crippen molar-refractivity contribution in [3.63, 3.8) is 0 Å². The van der Waals surface area contributed by atoms with Crippen molar-refractivity contribution in [3.05, 3.63) is 81.1 Å². The van der Waals surface area contributed by atoms with E-state index in [4.69, 9.17) is 16.1 Å². The van der Waals surface area contributed by atoms with Gasteiger partial charge in [-0.15, -0.1) is 0 Å². The van der Waals surface area contributed by atoms with Crippen LogP contribution in [0, 0.1) is 6.92 Å². The van der Waals surface area contributed by atoms with Gasteiger partial charge in [-0.1, -0.05) is 42.7 Å². The molecule has 0 N–H and O–H groups in total. The summed E-state index contributed by atoms with van der Waals surface area (Å²) < 4.78 is 6.88. The van der Waals surface area contributed by atoms with Gasteiger partial charge in [-0.25, -0.2) is 9.97 Å². The maximum absolute atomic E-state index is 12.8. The first-order valence-corrected chi connectivity index (χ1v) is 10.8. The predicted molar refractivity (Wildman–Crippen MR) is 119 cm³/mol. The highest BCUT2D eigenvalue weighted by molar-refractivity contribution is 6.30. The summed E-state index contributed by atoms with van der Waals surface area (Å²) in [6, 6.07) is 9.78. The van der Waals surface area contributed by atoms with E-state index in [1.165, 1.54) is 16.5 Å². The van der Waals surface area contributed by atoms with Crippen molar-refractivity contribution in [3.8, 4) is 0 Å². The maximum atomic E-state index is 12.8. The van der Waals surface area contributed by atoms with Crippen LogP contribution in [0.4, 0.5) is 0 Å². The molecule has 8 heteroatoms. The molecule has 160 valence electrons. The van der Waals surface area contributed by atoms with Gasteiger partial charge in [0.15, 0.2) is 11.5 Å². The number of hydrogen-bond donors (Lipinski definition) is 0. The Bertz CT molecular complexity index is 1240. The number of hydrogen-bond acceptors (Lipinski definition) is 6. The normalized spacial score (nSPS) is 17.7. The molecule has 0 radical (unpaired) electrons. The van der Waals surface area contributed by atoms with Gasteiger partial charge in [0.2, 0.25) is 5.89 Å². The molecular formula is C23H24ClN5O2. The van der Waals surface area contributed by atoms with Crippen molar-refractivity contribution in [2.75, 3.05) is 0 Å². The van der Waals surface area contributed by atoms with Gasteiger partial charge in [-0.3, -0.25) is 9.36 Å². The first-order valence-electron chi connectivity index (χ1n) is 10.5. The average Bonchev–Trinajstić information content (AvgIpc) is 3.20. The maximum Gasteiger partial charge on any atom is 0.263 e. The van der Waals surface area contributed by atoms with Crippen molar-refractivity contribution < 1.29 is 4.52 Å². The van der Waals surface area contributed by atoms with Gasteiger partial charge >= 0.3 is 0 Å². The minimum Gasteiger partial charge on any atom is -0.337 e. The van der Waals surface area contributed by atoms with Gasteiger partial charge in [0.1, 0.15) is 12.9 Å². The quantitative estimate of drug-likeness (QED) is 0.452. The number of fused-ring (bicyclic) bond motifs is 1. The van der Waals surface area contributed by atoms with Crippen molar-refractivity contribution in [2.24, 2.45) is 0 Å². The summed E-state index contributed by atoms with van der Waals surface area (Å²) >= 11 is 5.96. The Morgan fingerprint density at radius 1 is 1.10 bits per heavy atom. The fraction of sp³-hybridized carbons (Fsp3) is 0.348. The lowest BCUT2D eigenvalue weighted by atomic mass is 9.71. The number of rotatable bonds is 4. The number of aromatic nitrogens is 5. The first-order chi connectivity index (χ1) is 15.1. The molecule has 0 aliphatic heterocycles. The third kappa shape index (κ3) is 4.23. The fourth-order valence-electron chi connectivity index (χ4n) is 3.82. The zero-order chi connectivity index (χ0) is 22.0. The summed E-state index contributed by atoms with van der Waals surface area (Å²) in [6.07, 6.45) is 5.07. The van der Waals surface area contributed by atoms with E-state index < -0.39 is 0 Å². The number of halogens is 1. The van der Waals surface area contributed by atoms with E-state index in [0.29, 0.717) is 28.7 Å². The van der Waals surface area contributed by atoms with Gasteiger partial charge in [-0.2, -0.15) is 4.98 Å². The number of pyridine rings is 1. The number of aryl methyl sites for hydroxylation is 1. The van der Waals surface area contributed by atoms with E-state index in [1.807, 2.05) is 32.9 Å². The molecule has 0 bridgehead atoms. The topological polar surface area (TPSA) is 86.7 Å². The van der Waals surface area contributed by atoms with Crippen molar-refractivity contribution in [2.45, 2.75) is 52.0 Å². The second-order valence-corrected chi connectivity index (χ2v) is 7.90. The Labute approximate surface area is 185 Å². The van der Waals surface area contributed by atoms with Crippen LogP contribution in [0.1, 0.15) is 61.4 Å². The van der Waals surface area contributed by atoms with Crippen molar-refractivity contribution >= 4 is 22.6 Å². The van der Waals surface area contributed by atoms with Crippen LogP contribution < -0.4 is 5.56 Å². The monoisotopic (exact) mass is 437 g/mol. The molecule has 7 nitrogen and oxygen atoms in total. The molecule has 1 aliphatic carbocycles. The molecule has 1 aliphatic rings. The fourth-order valence-corrected chi connectivity index (χ4v) is 3.94. The lowest BCUT2D eigenvalue weighted by molar-refractivity contribution is 0.315. The Balaban J connectivity index is 0.00000112. The molecule has 0 unspecified atom stereocenters. The lowest BCUT2D eigenvalue weighted by Gasteiger charge is -2.33. The largest absolute Gasteiger partial charge is 0.337 e. The van der Waals surface area contributed by atoms with Crippen LogP contribution in [-0.4, -0.2) is 24.7 Å². The van der Waals surface area contributed by atoms with E-state index in [0.717, 1.165) is 23.4 Å². The average molecular weight is 438 g/mol. The third-order valence-corrected chi connectivity index (χ3v) is 5.82. The van der Waals surface area contributed by atoms with Gasteiger partial charge < -0.3 is 4.52 Å². The smallest absolute Gasteiger partial charge is 0.263 e. The van der Waals surface area contributed by atoms with E-state index >= 15 is 0 Å². The molecule has 1 aromatic carbocycles. The molecule has 1 fully saturated rings. The highest BCUT2D eigenvalue weighted by Gasteiger charge is 2.34. The molecule has 0 saturated heterocycles. The minimum absolute atomic E-state index is 0.160. The second-order valence-electron chi connectivity index (χ2n) is 7.47. The summed E-state index contributed by atoms with van der Waals surface area (Å²) in [5.41, 5.74) is 2.41. The highest BCUT2D eigenvalue weighted by atomic mass is 35.5. The van der Waals surface area contributed by atoms with Gasteiger partial charge in [0, 0.05) is 17.1 Å². The molecular weight excluding hydrogens is 414 g/mol. The molecule has 0 spiro atoms. The van der Waals surface area contributed by atoms with Crippen LogP contribution in [0.5, 0.6) is 0 Å². The molecule has 5 rings (SSSR count). The molecule has 4 aromatic rings. The Morgan fingerprint density at radius 3 is 2.58 bits per heavy atom.